The highest BCUT2D eigenvalue weighted by molar-refractivity contribution is 6.24. The topological polar surface area (TPSA) is 41.6 Å². The number of hydrogen-bond acceptors (Lipinski definition) is 3. The van der Waals surface area contributed by atoms with Gasteiger partial charge in [0, 0.05) is 18.0 Å². The second-order valence-corrected chi connectivity index (χ2v) is 9.76. The summed E-state index contributed by atoms with van der Waals surface area (Å²) in [6.07, 6.45) is 6.36. The van der Waals surface area contributed by atoms with Gasteiger partial charge < -0.3 is 15.0 Å². The molecule has 5 aliphatic rings. The van der Waals surface area contributed by atoms with E-state index >= 15 is 0 Å². The number of carbonyl (C=O) groups excluding carboxylic acids is 1. The van der Waals surface area contributed by atoms with Crippen molar-refractivity contribution in [1.82, 2.24) is 0 Å². The van der Waals surface area contributed by atoms with Gasteiger partial charge in [0.25, 0.3) is 0 Å². The molecule has 0 unspecified atom stereocenters. The van der Waals surface area contributed by atoms with E-state index in [1.165, 1.54) is 6.42 Å². The Morgan fingerprint density at radius 1 is 1.12 bits per heavy atom. The second kappa shape index (κ2) is 6.13. The van der Waals surface area contributed by atoms with Crippen molar-refractivity contribution in [2.45, 2.75) is 43.4 Å². The van der Waals surface area contributed by atoms with Crippen molar-refractivity contribution < 1.29 is 9.53 Å². The van der Waals surface area contributed by atoms with Crippen molar-refractivity contribution in [1.29, 1.82) is 0 Å². The predicted octanol–water partition coefficient (Wildman–Crippen LogP) is 4.04. The van der Waals surface area contributed by atoms with Gasteiger partial charge in [-0.05, 0) is 62.5 Å². The van der Waals surface area contributed by atoms with Crippen molar-refractivity contribution in [2.24, 2.45) is 17.3 Å². The summed E-state index contributed by atoms with van der Waals surface area (Å²) in [5, 5.41) is 3.30. The molecule has 1 aliphatic heterocycles. The zero-order valence-electron chi connectivity index (χ0n) is 15.2. The molecular formula is C21H27ClN2O2. The Labute approximate surface area is 160 Å². The predicted molar refractivity (Wildman–Crippen MR) is 104 cm³/mol. The van der Waals surface area contributed by atoms with Crippen LogP contribution in [-0.2, 0) is 9.53 Å². The average Bonchev–Trinajstić information content (AvgIpc) is 2.61. The van der Waals surface area contributed by atoms with Crippen LogP contribution in [0.25, 0.3) is 0 Å². The minimum absolute atomic E-state index is 0.134. The minimum Gasteiger partial charge on any atom is -0.378 e. The van der Waals surface area contributed by atoms with Gasteiger partial charge in [0.15, 0.2) is 0 Å². The van der Waals surface area contributed by atoms with Crippen molar-refractivity contribution in [3.8, 4) is 0 Å². The zero-order chi connectivity index (χ0) is 17.8. The number of morpholine rings is 1. The number of nitrogens with zero attached hydrogens (tertiary/aromatic N) is 1. The monoisotopic (exact) mass is 374 g/mol. The van der Waals surface area contributed by atoms with E-state index in [9.17, 15) is 4.79 Å². The molecule has 140 valence electrons. The van der Waals surface area contributed by atoms with E-state index in [0.717, 1.165) is 69.8 Å². The number of carbonyl (C=O) groups is 1. The molecule has 2 atom stereocenters. The number of ether oxygens (including phenoxy) is 1. The van der Waals surface area contributed by atoms with Crippen LogP contribution < -0.4 is 10.2 Å². The fraction of sp³-hybridized carbons (Fsp3) is 0.667. The number of amides is 1. The first-order valence-electron chi connectivity index (χ1n) is 9.97. The largest absolute Gasteiger partial charge is 0.378 e. The maximum absolute atomic E-state index is 13.4. The SMILES string of the molecule is O=C(Nc1ccccc1N1CCOCC1)C12C[C@H]3C[C@@H](CC(Cl)(C3)C1)C2. The highest BCUT2D eigenvalue weighted by Crippen LogP contribution is 2.64. The zero-order valence-corrected chi connectivity index (χ0v) is 15.9. The summed E-state index contributed by atoms with van der Waals surface area (Å²) in [6.45, 7) is 3.22. The molecule has 4 nitrogen and oxygen atoms in total. The lowest BCUT2D eigenvalue weighted by molar-refractivity contribution is -0.138. The van der Waals surface area contributed by atoms with Crippen LogP contribution in [0, 0.1) is 17.3 Å². The van der Waals surface area contributed by atoms with E-state index in [2.05, 4.69) is 16.3 Å². The summed E-state index contributed by atoms with van der Waals surface area (Å²) in [4.78, 5) is 15.6. The van der Waals surface area contributed by atoms with E-state index in [1.54, 1.807) is 0 Å². The van der Waals surface area contributed by atoms with Gasteiger partial charge in [0.2, 0.25) is 5.91 Å². The van der Waals surface area contributed by atoms with Gasteiger partial charge >= 0.3 is 0 Å². The Morgan fingerprint density at radius 3 is 2.50 bits per heavy atom. The van der Waals surface area contributed by atoms with E-state index in [1.807, 2.05) is 18.2 Å². The third-order valence-electron chi connectivity index (χ3n) is 6.98. The molecule has 6 rings (SSSR count). The van der Waals surface area contributed by atoms with Crippen molar-refractivity contribution in [3.63, 3.8) is 0 Å². The van der Waals surface area contributed by atoms with Gasteiger partial charge in [0.05, 0.1) is 30.0 Å². The number of halogens is 1. The average molecular weight is 375 g/mol. The first-order chi connectivity index (χ1) is 12.6. The number of nitrogens with one attached hydrogen (secondary N) is 1. The van der Waals surface area contributed by atoms with E-state index in [0.29, 0.717) is 11.8 Å². The summed E-state index contributed by atoms with van der Waals surface area (Å²) in [6, 6.07) is 8.17. The lowest BCUT2D eigenvalue weighted by Gasteiger charge is -2.59. The van der Waals surface area contributed by atoms with Crippen LogP contribution in [0.15, 0.2) is 24.3 Å². The minimum atomic E-state index is -0.260. The summed E-state index contributed by atoms with van der Waals surface area (Å²) >= 11 is 6.92. The molecule has 1 N–H and O–H groups in total. The van der Waals surface area contributed by atoms with Crippen LogP contribution in [-0.4, -0.2) is 37.1 Å². The summed E-state index contributed by atoms with van der Waals surface area (Å²) in [7, 11) is 0. The van der Waals surface area contributed by atoms with Crippen molar-refractivity contribution in [3.05, 3.63) is 24.3 Å². The second-order valence-electron chi connectivity index (χ2n) is 8.96. The normalized spacial score (nSPS) is 38.4. The molecular weight excluding hydrogens is 348 g/mol. The fourth-order valence-corrected chi connectivity index (χ4v) is 7.02. The molecule has 1 saturated heterocycles. The molecule has 1 aromatic carbocycles. The number of anilines is 2. The third-order valence-corrected chi connectivity index (χ3v) is 7.42. The molecule has 4 bridgehead atoms. The Kier molecular flexibility index (Phi) is 3.98. The molecule has 26 heavy (non-hydrogen) atoms. The van der Waals surface area contributed by atoms with E-state index < -0.39 is 0 Å². The maximum atomic E-state index is 13.4. The Morgan fingerprint density at radius 2 is 1.81 bits per heavy atom. The molecule has 0 spiro atoms. The highest BCUT2D eigenvalue weighted by Gasteiger charge is 2.60. The quantitative estimate of drug-likeness (QED) is 0.812. The molecule has 1 amide bonds. The Bertz CT molecular complexity index is 702. The van der Waals surface area contributed by atoms with E-state index in [-0.39, 0.29) is 16.2 Å². The van der Waals surface area contributed by atoms with Gasteiger partial charge in [-0.1, -0.05) is 12.1 Å². The number of alkyl halides is 1. The number of benzene rings is 1. The standard InChI is InChI=1S/C21H27ClN2O2/c22-21-12-15-9-16(13-21)11-20(10-15,14-21)19(25)23-17-3-1-2-4-18(17)24-5-7-26-8-6-24/h1-4,15-16H,5-14H2,(H,23,25)/t15-,16-,20?,21?/m1/s1. The smallest absolute Gasteiger partial charge is 0.230 e. The van der Waals surface area contributed by atoms with Crippen LogP contribution in [0.1, 0.15) is 38.5 Å². The third kappa shape index (κ3) is 2.82. The Balaban J connectivity index is 1.39. The van der Waals surface area contributed by atoms with Crippen LogP contribution in [0.5, 0.6) is 0 Å². The van der Waals surface area contributed by atoms with Crippen LogP contribution in [0.4, 0.5) is 11.4 Å². The molecule has 4 saturated carbocycles. The molecule has 1 aromatic rings. The Hall–Kier alpha value is -1.26. The summed E-state index contributed by atoms with van der Waals surface area (Å²) < 4.78 is 5.47. The summed E-state index contributed by atoms with van der Waals surface area (Å²) in [5.41, 5.74) is 1.78. The van der Waals surface area contributed by atoms with Gasteiger partial charge in [-0.3, -0.25) is 4.79 Å². The number of hydrogen-bond donors (Lipinski definition) is 1. The van der Waals surface area contributed by atoms with Crippen molar-refractivity contribution >= 4 is 28.9 Å². The molecule has 4 aliphatic carbocycles. The number of para-hydroxylation sites is 2. The van der Waals surface area contributed by atoms with E-state index in [4.69, 9.17) is 16.3 Å². The van der Waals surface area contributed by atoms with Crippen LogP contribution >= 0.6 is 11.6 Å². The van der Waals surface area contributed by atoms with Crippen LogP contribution in [0.3, 0.4) is 0 Å². The highest BCUT2D eigenvalue weighted by atomic mass is 35.5. The molecule has 5 fully saturated rings. The lowest BCUT2D eigenvalue weighted by Crippen LogP contribution is -2.57. The molecule has 0 aromatic heterocycles. The first kappa shape index (κ1) is 16.9. The summed E-state index contributed by atoms with van der Waals surface area (Å²) in [5.74, 6) is 1.46. The fourth-order valence-electron chi connectivity index (χ4n) is 6.33. The van der Waals surface area contributed by atoms with Gasteiger partial charge in [-0.15, -0.1) is 11.6 Å². The molecule has 5 heteroatoms. The molecule has 0 radical (unpaired) electrons. The molecule has 1 heterocycles. The van der Waals surface area contributed by atoms with Gasteiger partial charge in [-0.25, -0.2) is 0 Å². The van der Waals surface area contributed by atoms with Gasteiger partial charge in [0.1, 0.15) is 0 Å². The van der Waals surface area contributed by atoms with Crippen LogP contribution in [0.2, 0.25) is 0 Å². The maximum Gasteiger partial charge on any atom is 0.230 e. The van der Waals surface area contributed by atoms with Crippen molar-refractivity contribution in [2.75, 3.05) is 36.5 Å². The lowest BCUT2D eigenvalue weighted by atomic mass is 9.49. The van der Waals surface area contributed by atoms with Gasteiger partial charge in [-0.2, -0.15) is 0 Å². The number of rotatable bonds is 3. The first-order valence-corrected chi connectivity index (χ1v) is 10.4.